The summed E-state index contributed by atoms with van der Waals surface area (Å²) in [6, 6.07) is 7.29. The molecule has 1 heterocycles. The molecule has 0 unspecified atom stereocenters. The Morgan fingerprint density at radius 1 is 1.39 bits per heavy atom. The molecule has 0 atom stereocenters. The molecule has 1 aromatic carbocycles. The molecule has 18 heavy (non-hydrogen) atoms. The van der Waals surface area contributed by atoms with Crippen molar-refractivity contribution in [2.45, 2.75) is 0 Å². The molecule has 0 radical (unpaired) electrons. The van der Waals surface area contributed by atoms with Crippen LogP contribution in [0.25, 0.3) is 11.0 Å². The van der Waals surface area contributed by atoms with Crippen molar-refractivity contribution < 1.29 is 13.2 Å². The van der Waals surface area contributed by atoms with E-state index in [0.717, 1.165) is 5.52 Å². The summed E-state index contributed by atoms with van der Waals surface area (Å²) in [4.78, 5) is 6.98. The highest BCUT2D eigenvalue weighted by atomic mass is 32.2. The number of nitrogens with one attached hydrogen (secondary N) is 3. The number of fused-ring (bicyclic) bond motifs is 1. The second-order valence-corrected chi connectivity index (χ2v) is 5.09. The van der Waals surface area contributed by atoms with Crippen molar-refractivity contribution in [3.8, 4) is 0 Å². The molecule has 0 saturated heterocycles. The second kappa shape index (κ2) is 5.34. The molecule has 7 nitrogen and oxygen atoms in total. The number of nitrogens with zero attached hydrogens (tertiary/aromatic N) is 1. The fraction of sp³-hybridized carbons (Fsp3) is 0.300. The Morgan fingerprint density at radius 3 is 2.89 bits per heavy atom. The average molecular weight is 270 g/mol. The lowest BCUT2D eigenvalue weighted by Gasteiger charge is -2.05. The van der Waals surface area contributed by atoms with Crippen LogP contribution in [0.4, 0.5) is 5.95 Å². The van der Waals surface area contributed by atoms with Gasteiger partial charge in [-0.25, -0.2) is 9.71 Å². The van der Waals surface area contributed by atoms with Crippen LogP contribution in [-0.2, 0) is 14.9 Å². The van der Waals surface area contributed by atoms with Gasteiger partial charge in [0.2, 0.25) is 5.95 Å². The molecule has 0 aliphatic heterocycles. The van der Waals surface area contributed by atoms with Gasteiger partial charge in [-0.1, -0.05) is 12.1 Å². The van der Waals surface area contributed by atoms with Gasteiger partial charge in [0.15, 0.2) is 0 Å². The van der Waals surface area contributed by atoms with Gasteiger partial charge in [0.25, 0.3) is 0 Å². The van der Waals surface area contributed by atoms with E-state index < -0.39 is 10.2 Å². The van der Waals surface area contributed by atoms with E-state index in [1.165, 1.54) is 7.11 Å². The summed E-state index contributed by atoms with van der Waals surface area (Å²) >= 11 is 0. The van der Waals surface area contributed by atoms with Crippen LogP contribution in [0.5, 0.6) is 0 Å². The SMILES string of the molecule is COCCNS(=O)(=O)Nc1nc2ccccc2[nH]1. The predicted molar refractivity (Wildman–Crippen MR) is 68.5 cm³/mol. The first kappa shape index (κ1) is 12.8. The minimum atomic E-state index is -3.63. The number of hydrogen-bond acceptors (Lipinski definition) is 4. The molecular formula is C10H14N4O3S. The highest BCUT2D eigenvalue weighted by Gasteiger charge is 2.11. The number of methoxy groups -OCH3 is 1. The van der Waals surface area contributed by atoms with E-state index in [1.54, 1.807) is 6.07 Å². The normalized spacial score (nSPS) is 11.8. The molecule has 0 spiro atoms. The number of rotatable bonds is 6. The van der Waals surface area contributed by atoms with Gasteiger partial charge in [-0.2, -0.15) is 13.1 Å². The number of hydrogen-bond donors (Lipinski definition) is 3. The summed E-state index contributed by atoms with van der Waals surface area (Å²) in [5.74, 6) is 0.182. The number of benzene rings is 1. The first-order chi connectivity index (χ1) is 8.61. The Bertz CT molecular complexity index is 590. The van der Waals surface area contributed by atoms with Gasteiger partial charge in [0, 0.05) is 13.7 Å². The Kier molecular flexibility index (Phi) is 3.80. The lowest BCUT2D eigenvalue weighted by molar-refractivity contribution is 0.204. The smallest absolute Gasteiger partial charge is 0.301 e. The van der Waals surface area contributed by atoms with Crippen molar-refractivity contribution in [3.63, 3.8) is 0 Å². The number of anilines is 1. The summed E-state index contributed by atoms with van der Waals surface area (Å²) < 4.78 is 32.6. The maximum Gasteiger partial charge on any atom is 0.301 e. The van der Waals surface area contributed by atoms with Crippen molar-refractivity contribution in [1.29, 1.82) is 0 Å². The van der Waals surface area contributed by atoms with E-state index in [0.29, 0.717) is 12.1 Å². The van der Waals surface area contributed by atoms with Crippen molar-refractivity contribution in [2.75, 3.05) is 25.0 Å². The maximum atomic E-state index is 11.6. The highest BCUT2D eigenvalue weighted by molar-refractivity contribution is 7.90. The molecule has 1 aromatic heterocycles. The summed E-state index contributed by atoms with van der Waals surface area (Å²) in [5, 5.41) is 0. The van der Waals surface area contributed by atoms with Crippen LogP contribution in [0.3, 0.4) is 0 Å². The Hall–Kier alpha value is -1.64. The number of para-hydroxylation sites is 2. The van der Waals surface area contributed by atoms with E-state index >= 15 is 0 Å². The van der Waals surface area contributed by atoms with Crippen LogP contribution in [0.15, 0.2) is 24.3 Å². The zero-order valence-electron chi connectivity index (χ0n) is 9.80. The van der Waals surface area contributed by atoms with E-state index in [9.17, 15) is 8.42 Å². The summed E-state index contributed by atoms with van der Waals surface area (Å²) in [6.45, 7) is 0.507. The molecule has 0 bridgehead atoms. The monoisotopic (exact) mass is 270 g/mol. The summed E-state index contributed by atoms with van der Waals surface area (Å²) in [5.41, 5.74) is 1.47. The second-order valence-electron chi connectivity index (χ2n) is 3.60. The van der Waals surface area contributed by atoms with Crippen LogP contribution in [0.1, 0.15) is 0 Å². The fourth-order valence-corrected chi connectivity index (χ4v) is 2.22. The van der Waals surface area contributed by atoms with Gasteiger partial charge in [-0.3, -0.25) is 0 Å². The van der Waals surface area contributed by atoms with Crippen molar-refractivity contribution in [1.82, 2.24) is 14.7 Å². The molecule has 0 saturated carbocycles. The number of aromatic nitrogens is 2. The highest BCUT2D eigenvalue weighted by Crippen LogP contribution is 2.13. The molecule has 2 aromatic rings. The van der Waals surface area contributed by atoms with Gasteiger partial charge in [-0.05, 0) is 12.1 Å². The molecule has 0 aliphatic carbocycles. The quantitative estimate of drug-likeness (QED) is 0.664. The van der Waals surface area contributed by atoms with E-state index in [4.69, 9.17) is 4.74 Å². The fourth-order valence-electron chi connectivity index (χ4n) is 1.44. The standard InChI is InChI=1S/C10H14N4O3S/c1-17-7-6-11-18(15,16)14-10-12-8-4-2-3-5-9(8)13-10/h2-5,11H,6-7H2,1H3,(H2,12,13,14). The van der Waals surface area contributed by atoms with Gasteiger partial charge in [0.05, 0.1) is 17.6 Å². The molecular weight excluding hydrogens is 256 g/mol. The van der Waals surface area contributed by atoms with Crippen molar-refractivity contribution in [2.24, 2.45) is 0 Å². The first-order valence-corrected chi connectivity index (χ1v) is 6.80. The van der Waals surface area contributed by atoms with Crippen LogP contribution >= 0.6 is 0 Å². The van der Waals surface area contributed by atoms with Gasteiger partial charge in [-0.15, -0.1) is 0 Å². The number of H-pyrrole nitrogens is 1. The largest absolute Gasteiger partial charge is 0.383 e. The minimum Gasteiger partial charge on any atom is -0.383 e. The zero-order chi connectivity index (χ0) is 13.0. The zero-order valence-corrected chi connectivity index (χ0v) is 10.6. The Morgan fingerprint density at radius 2 is 2.17 bits per heavy atom. The Labute approximate surface area is 105 Å². The molecule has 0 aliphatic rings. The topological polar surface area (TPSA) is 96.1 Å². The lowest BCUT2D eigenvalue weighted by Crippen LogP contribution is -2.32. The van der Waals surface area contributed by atoms with E-state index in [-0.39, 0.29) is 12.5 Å². The number of imidazole rings is 1. The third-order valence-corrected chi connectivity index (χ3v) is 3.26. The molecule has 2 rings (SSSR count). The summed E-state index contributed by atoms with van der Waals surface area (Å²) in [6.07, 6.45) is 0. The van der Waals surface area contributed by atoms with Crippen molar-refractivity contribution >= 4 is 27.2 Å². The Balaban J connectivity index is 2.08. The summed E-state index contributed by atoms with van der Waals surface area (Å²) in [7, 11) is -2.13. The molecule has 0 amide bonds. The van der Waals surface area contributed by atoms with Crippen LogP contribution in [0, 0.1) is 0 Å². The predicted octanol–water partition coefficient (Wildman–Crippen LogP) is 0.456. The maximum absolute atomic E-state index is 11.6. The van der Waals surface area contributed by atoms with Crippen LogP contribution in [0.2, 0.25) is 0 Å². The van der Waals surface area contributed by atoms with Gasteiger partial charge >= 0.3 is 10.2 Å². The molecule has 8 heteroatoms. The molecule has 3 N–H and O–H groups in total. The van der Waals surface area contributed by atoms with Crippen LogP contribution in [-0.4, -0.2) is 38.6 Å². The van der Waals surface area contributed by atoms with Crippen LogP contribution < -0.4 is 9.44 Å². The van der Waals surface area contributed by atoms with Crippen molar-refractivity contribution in [3.05, 3.63) is 24.3 Å². The number of aromatic amines is 1. The van der Waals surface area contributed by atoms with E-state index in [2.05, 4.69) is 19.4 Å². The van der Waals surface area contributed by atoms with E-state index in [1.807, 2.05) is 18.2 Å². The molecule has 0 fully saturated rings. The minimum absolute atomic E-state index is 0.182. The third-order valence-electron chi connectivity index (χ3n) is 2.22. The first-order valence-electron chi connectivity index (χ1n) is 5.32. The number of ether oxygens (including phenoxy) is 1. The third kappa shape index (κ3) is 3.19. The average Bonchev–Trinajstić information content (AvgIpc) is 2.70. The van der Waals surface area contributed by atoms with Gasteiger partial charge in [0.1, 0.15) is 0 Å². The lowest BCUT2D eigenvalue weighted by atomic mass is 10.3. The van der Waals surface area contributed by atoms with Gasteiger partial charge < -0.3 is 9.72 Å². The molecule has 98 valence electrons.